The van der Waals surface area contributed by atoms with Crippen molar-refractivity contribution in [2.75, 3.05) is 13.2 Å². The molecule has 0 saturated carbocycles. The predicted molar refractivity (Wildman–Crippen MR) is 73.2 cm³/mol. The molecule has 7 nitrogen and oxygen atoms in total. The second-order valence-corrected chi connectivity index (χ2v) is 4.71. The summed E-state index contributed by atoms with van der Waals surface area (Å²) in [6.45, 7) is 1.25. The number of aryl methyl sites for hydroxylation is 1. The fourth-order valence-corrected chi connectivity index (χ4v) is 2.25. The van der Waals surface area contributed by atoms with Crippen LogP contribution in [-0.2, 0) is 6.54 Å². The minimum Gasteiger partial charge on any atom is -0.545 e. The lowest BCUT2D eigenvalue weighted by atomic mass is 10.1. The van der Waals surface area contributed by atoms with Gasteiger partial charge in [-0.2, -0.15) is 10.4 Å². The molecule has 1 aromatic heterocycles. The molecule has 1 aliphatic rings. The largest absolute Gasteiger partial charge is 0.545 e. The summed E-state index contributed by atoms with van der Waals surface area (Å²) in [5.74, 6) is -0.137. The van der Waals surface area contributed by atoms with Crippen LogP contribution < -0.4 is 14.6 Å². The van der Waals surface area contributed by atoms with Gasteiger partial charge in [0.2, 0.25) is 0 Å². The number of carbonyl (C=O) groups is 1. The van der Waals surface area contributed by atoms with E-state index in [-0.39, 0.29) is 17.7 Å². The lowest BCUT2D eigenvalue weighted by Gasteiger charge is -2.18. The monoisotopic (exact) mass is 298 g/mol. The van der Waals surface area contributed by atoms with Crippen LogP contribution >= 0.6 is 0 Å². The molecule has 0 spiro atoms. The third kappa shape index (κ3) is 2.59. The standard InChI is InChI=1S/C15H13N3O4/c16-4-1-5-18-9-11(15(19)20)14(17-18)10-2-3-12-13(8-10)22-7-6-21-12/h2-3,8-9H,1,5-7H2,(H,19,20)/p-1. The van der Waals surface area contributed by atoms with Gasteiger partial charge in [-0.25, -0.2) is 0 Å². The van der Waals surface area contributed by atoms with Crippen LogP contribution in [0.25, 0.3) is 11.3 Å². The number of ether oxygens (including phenoxy) is 2. The summed E-state index contributed by atoms with van der Waals surface area (Å²) in [7, 11) is 0. The molecule has 2 aromatic rings. The molecule has 0 fully saturated rings. The van der Waals surface area contributed by atoms with Crippen molar-refractivity contribution in [2.45, 2.75) is 13.0 Å². The number of hydrogen-bond donors (Lipinski definition) is 0. The van der Waals surface area contributed by atoms with E-state index in [4.69, 9.17) is 14.7 Å². The summed E-state index contributed by atoms with van der Waals surface area (Å²) >= 11 is 0. The van der Waals surface area contributed by atoms with Gasteiger partial charge < -0.3 is 19.4 Å². The molecule has 0 N–H and O–H groups in total. The molecule has 1 aromatic carbocycles. The quantitative estimate of drug-likeness (QED) is 0.819. The number of fused-ring (bicyclic) bond motifs is 1. The van der Waals surface area contributed by atoms with Crippen molar-refractivity contribution < 1.29 is 19.4 Å². The average molecular weight is 298 g/mol. The normalized spacial score (nSPS) is 12.7. The number of carboxylic acids is 1. The molecule has 0 amide bonds. The van der Waals surface area contributed by atoms with Gasteiger partial charge in [0.15, 0.2) is 11.5 Å². The number of nitrogens with zero attached hydrogens (tertiary/aromatic N) is 3. The van der Waals surface area contributed by atoms with Gasteiger partial charge in [0.25, 0.3) is 0 Å². The van der Waals surface area contributed by atoms with Gasteiger partial charge in [0.1, 0.15) is 18.9 Å². The molecule has 0 radical (unpaired) electrons. The fourth-order valence-electron chi connectivity index (χ4n) is 2.25. The van der Waals surface area contributed by atoms with Crippen LogP contribution in [0.2, 0.25) is 0 Å². The van der Waals surface area contributed by atoms with Crippen LogP contribution in [0.1, 0.15) is 16.8 Å². The van der Waals surface area contributed by atoms with Gasteiger partial charge in [-0.3, -0.25) is 4.68 Å². The molecule has 2 heterocycles. The molecule has 0 aliphatic carbocycles. The molecular weight excluding hydrogens is 286 g/mol. The Labute approximate surface area is 126 Å². The Bertz CT molecular complexity index is 761. The Morgan fingerprint density at radius 2 is 2.14 bits per heavy atom. The minimum absolute atomic E-state index is 0.0189. The maximum atomic E-state index is 11.3. The summed E-state index contributed by atoms with van der Waals surface area (Å²) in [5, 5.41) is 24.1. The highest BCUT2D eigenvalue weighted by Crippen LogP contribution is 2.34. The zero-order valence-corrected chi connectivity index (χ0v) is 11.6. The van der Waals surface area contributed by atoms with Crippen molar-refractivity contribution >= 4 is 5.97 Å². The number of rotatable bonds is 4. The van der Waals surface area contributed by atoms with E-state index in [1.807, 2.05) is 6.07 Å². The van der Waals surface area contributed by atoms with E-state index in [2.05, 4.69) is 5.10 Å². The smallest absolute Gasteiger partial charge is 0.162 e. The average Bonchev–Trinajstić information content (AvgIpc) is 2.97. The molecule has 7 heteroatoms. The Balaban J connectivity index is 2.01. The van der Waals surface area contributed by atoms with E-state index >= 15 is 0 Å². The van der Waals surface area contributed by atoms with Crippen LogP contribution in [0, 0.1) is 11.3 Å². The Morgan fingerprint density at radius 1 is 1.36 bits per heavy atom. The zero-order valence-electron chi connectivity index (χ0n) is 11.6. The fraction of sp³-hybridized carbons (Fsp3) is 0.267. The third-order valence-corrected chi connectivity index (χ3v) is 3.25. The topological polar surface area (TPSA) is 100 Å². The molecule has 22 heavy (non-hydrogen) atoms. The molecule has 0 atom stereocenters. The van der Waals surface area contributed by atoms with Gasteiger partial charge in [0, 0.05) is 17.3 Å². The van der Waals surface area contributed by atoms with Crippen molar-refractivity contribution in [1.82, 2.24) is 9.78 Å². The van der Waals surface area contributed by atoms with Gasteiger partial charge in [-0.05, 0) is 18.2 Å². The van der Waals surface area contributed by atoms with E-state index in [0.29, 0.717) is 36.8 Å². The maximum Gasteiger partial charge on any atom is 0.162 e. The number of aromatic nitrogens is 2. The van der Waals surface area contributed by atoms with Gasteiger partial charge in [-0.1, -0.05) is 0 Å². The Morgan fingerprint density at radius 3 is 2.86 bits per heavy atom. The second-order valence-electron chi connectivity index (χ2n) is 4.71. The van der Waals surface area contributed by atoms with E-state index < -0.39 is 5.97 Å². The van der Waals surface area contributed by atoms with Gasteiger partial charge >= 0.3 is 0 Å². The first-order chi connectivity index (χ1) is 10.7. The minimum atomic E-state index is -1.31. The molecule has 3 rings (SSSR count). The molecule has 1 aliphatic heterocycles. The third-order valence-electron chi connectivity index (χ3n) is 3.25. The number of carbonyl (C=O) groups excluding carboxylic acids is 1. The van der Waals surface area contributed by atoms with Crippen LogP contribution in [0.5, 0.6) is 11.5 Å². The van der Waals surface area contributed by atoms with Gasteiger partial charge in [-0.15, -0.1) is 0 Å². The SMILES string of the molecule is N#CCCn1cc(C(=O)[O-])c(-c2ccc3c(c2)OCCO3)n1. The summed E-state index contributed by atoms with van der Waals surface area (Å²) < 4.78 is 12.4. The van der Waals surface area contributed by atoms with Crippen molar-refractivity contribution in [3.8, 4) is 28.8 Å². The first-order valence-corrected chi connectivity index (χ1v) is 6.75. The maximum absolute atomic E-state index is 11.3. The lowest BCUT2D eigenvalue weighted by Crippen LogP contribution is -2.22. The van der Waals surface area contributed by atoms with Gasteiger partial charge in [0.05, 0.1) is 25.0 Å². The van der Waals surface area contributed by atoms with Crippen LogP contribution in [-0.4, -0.2) is 29.0 Å². The van der Waals surface area contributed by atoms with Crippen LogP contribution in [0.3, 0.4) is 0 Å². The van der Waals surface area contributed by atoms with Crippen molar-refractivity contribution in [2.24, 2.45) is 0 Å². The summed E-state index contributed by atoms with van der Waals surface area (Å²) in [4.78, 5) is 11.3. The zero-order chi connectivity index (χ0) is 15.5. The molecule has 0 unspecified atom stereocenters. The second kappa shape index (κ2) is 5.77. The number of aromatic carboxylic acids is 1. The molecular formula is C15H12N3O4-. The number of nitriles is 1. The van der Waals surface area contributed by atoms with Crippen LogP contribution in [0.15, 0.2) is 24.4 Å². The number of carboxylic acid groups (broad SMARTS) is 1. The van der Waals surface area contributed by atoms with E-state index in [1.165, 1.54) is 10.9 Å². The predicted octanol–water partition coefficient (Wildman–Crippen LogP) is 0.598. The van der Waals surface area contributed by atoms with Crippen LogP contribution in [0.4, 0.5) is 0 Å². The van der Waals surface area contributed by atoms with Crippen molar-refractivity contribution in [3.63, 3.8) is 0 Å². The molecule has 0 bridgehead atoms. The first-order valence-electron chi connectivity index (χ1n) is 6.75. The number of benzene rings is 1. The molecule has 112 valence electrons. The van der Waals surface area contributed by atoms with Crippen molar-refractivity contribution in [3.05, 3.63) is 30.0 Å². The molecule has 0 saturated heterocycles. The number of hydrogen-bond acceptors (Lipinski definition) is 6. The first kappa shape index (κ1) is 13.9. The highest BCUT2D eigenvalue weighted by atomic mass is 16.6. The summed E-state index contributed by atoms with van der Waals surface area (Å²) in [6, 6.07) is 7.13. The Kier molecular flexibility index (Phi) is 3.66. The summed E-state index contributed by atoms with van der Waals surface area (Å²) in [5.41, 5.74) is 0.865. The van der Waals surface area contributed by atoms with Crippen molar-refractivity contribution in [1.29, 1.82) is 5.26 Å². The van der Waals surface area contributed by atoms with E-state index in [9.17, 15) is 9.90 Å². The highest BCUT2D eigenvalue weighted by Gasteiger charge is 2.17. The van der Waals surface area contributed by atoms with E-state index in [1.54, 1.807) is 18.2 Å². The Hall–Kier alpha value is -3.01. The lowest BCUT2D eigenvalue weighted by molar-refractivity contribution is -0.254. The van der Waals surface area contributed by atoms with E-state index in [0.717, 1.165) is 0 Å². The summed E-state index contributed by atoms with van der Waals surface area (Å²) in [6.07, 6.45) is 1.62. The highest BCUT2D eigenvalue weighted by molar-refractivity contribution is 5.93.